The molecule has 1 unspecified atom stereocenters. The van der Waals surface area contributed by atoms with Gasteiger partial charge in [0.2, 0.25) is 5.91 Å². The number of rotatable bonds is 5. The van der Waals surface area contributed by atoms with Crippen LogP contribution in [0.25, 0.3) is 0 Å². The van der Waals surface area contributed by atoms with Crippen molar-refractivity contribution in [3.63, 3.8) is 0 Å². The fourth-order valence-corrected chi connectivity index (χ4v) is 3.83. The van der Waals surface area contributed by atoms with E-state index in [9.17, 15) is 9.59 Å². The van der Waals surface area contributed by atoms with E-state index in [1.54, 1.807) is 4.90 Å². The zero-order valence-electron chi connectivity index (χ0n) is 15.0. The Morgan fingerprint density at radius 3 is 2.44 bits per heavy atom. The van der Waals surface area contributed by atoms with Crippen molar-refractivity contribution in [2.75, 3.05) is 32.7 Å². The first-order valence-electron chi connectivity index (χ1n) is 9.62. The molecule has 0 radical (unpaired) electrons. The minimum Gasteiger partial charge on any atom is -0.353 e. The maximum absolute atomic E-state index is 12.8. The van der Waals surface area contributed by atoms with E-state index in [4.69, 9.17) is 0 Å². The van der Waals surface area contributed by atoms with Crippen LogP contribution in [-0.2, 0) is 4.79 Å². The van der Waals surface area contributed by atoms with E-state index in [-0.39, 0.29) is 17.9 Å². The Morgan fingerprint density at radius 2 is 1.68 bits per heavy atom. The van der Waals surface area contributed by atoms with Crippen LogP contribution in [0.2, 0.25) is 0 Å². The zero-order valence-corrected chi connectivity index (χ0v) is 15.0. The number of carbonyl (C=O) groups excluding carboxylic acids is 2. The molecule has 0 aromatic heterocycles. The smallest absolute Gasteiger partial charge is 0.254 e. The highest BCUT2D eigenvalue weighted by atomic mass is 16.2. The number of likely N-dealkylation sites (tertiary alicyclic amines) is 2. The van der Waals surface area contributed by atoms with Gasteiger partial charge in [0.05, 0.1) is 0 Å². The molecule has 5 heteroatoms. The molecule has 2 aliphatic heterocycles. The lowest BCUT2D eigenvalue weighted by Crippen LogP contribution is -2.52. The van der Waals surface area contributed by atoms with Crippen LogP contribution in [0.4, 0.5) is 0 Å². The summed E-state index contributed by atoms with van der Waals surface area (Å²) < 4.78 is 0. The highest BCUT2D eigenvalue weighted by molar-refractivity contribution is 5.97. The Bertz CT molecular complexity index is 570. The molecule has 2 fully saturated rings. The molecule has 136 valence electrons. The molecule has 1 atom stereocenters. The van der Waals surface area contributed by atoms with Gasteiger partial charge in [-0.2, -0.15) is 0 Å². The SMILES string of the molecule is O=C(NCCN1CCCCC1)C1CCCCN1C(=O)c1ccccc1. The molecule has 0 aliphatic carbocycles. The van der Waals surface area contributed by atoms with E-state index < -0.39 is 0 Å². The van der Waals surface area contributed by atoms with Gasteiger partial charge in [0, 0.05) is 25.2 Å². The van der Waals surface area contributed by atoms with E-state index >= 15 is 0 Å². The van der Waals surface area contributed by atoms with Gasteiger partial charge in [-0.25, -0.2) is 0 Å². The lowest BCUT2D eigenvalue weighted by atomic mass is 10.00. The Labute approximate surface area is 150 Å². The van der Waals surface area contributed by atoms with Gasteiger partial charge in [0.15, 0.2) is 0 Å². The first kappa shape index (κ1) is 17.9. The lowest BCUT2D eigenvalue weighted by Gasteiger charge is -2.35. The van der Waals surface area contributed by atoms with Gasteiger partial charge in [-0.3, -0.25) is 9.59 Å². The largest absolute Gasteiger partial charge is 0.353 e. The van der Waals surface area contributed by atoms with Crippen LogP contribution in [0.3, 0.4) is 0 Å². The van der Waals surface area contributed by atoms with Crippen LogP contribution in [0.5, 0.6) is 0 Å². The Hall–Kier alpha value is -1.88. The third-order valence-corrected chi connectivity index (χ3v) is 5.26. The summed E-state index contributed by atoms with van der Waals surface area (Å²) in [6.45, 7) is 4.52. The zero-order chi connectivity index (χ0) is 17.5. The van der Waals surface area contributed by atoms with E-state index in [1.807, 2.05) is 30.3 Å². The first-order chi connectivity index (χ1) is 12.3. The van der Waals surface area contributed by atoms with E-state index in [2.05, 4.69) is 10.2 Å². The minimum atomic E-state index is -0.331. The van der Waals surface area contributed by atoms with Crippen molar-refractivity contribution in [3.05, 3.63) is 35.9 Å². The number of benzene rings is 1. The summed E-state index contributed by atoms with van der Waals surface area (Å²) in [5, 5.41) is 3.06. The fraction of sp³-hybridized carbons (Fsp3) is 0.600. The molecule has 0 bridgehead atoms. The molecule has 2 saturated heterocycles. The predicted octanol–water partition coefficient (Wildman–Crippen LogP) is 2.28. The molecule has 0 saturated carbocycles. The minimum absolute atomic E-state index is 0.000917. The normalized spacial score (nSPS) is 21.8. The molecule has 1 aromatic carbocycles. The number of hydrogen-bond acceptors (Lipinski definition) is 3. The predicted molar refractivity (Wildman–Crippen MR) is 98.4 cm³/mol. The number of nitrogens with one attached hydrogen (secondary N) is 1. The molecule has 2 aliphatic rings. The van der Waals surface area contributed by atoms with Crippen molar-refractivity contribution in [1.29, 1.82) is 0 Å². The topological polar surface area (TPSA) is 52.7 Å². The van der Waals surface area contributed by atoms with Crippen LogP contribution in [0, 0.1) is 0 Å². The van der Waals surface area contributed by atoms with Gasteiger partial charge in [-0.15, -0.1) is 0 Å². The van der Waals surface area contributed by atoms with Crippen LogP contribution >= 0.6 is 0 Å². The summed E-state index contributed by atoms with van der Waals surface area (Å²) in [6.07, 6.45) is 6.57. The Morgan fingerprint density at radius 1 is 0.960 bits per heavy atom. The molecule has 3 rings (SSSR count). The number of hydrogen-bond donors (Lipinski definition) is 1. The summed E-state index contributed by atoms with van der Waals surface area (Å²) in [6, 6.07) is 8.95. The Balaban J connectivity index is 1.54. The highest BCUT2D eigenvalue weighted by Gasteiger charge is 2.32. The quantitative estimate of drug-likeness (QED) is 0.892. The van der Waals surface area contributed by atoms with Crippen LogP contribution < -0.4 is 5.32 Å². The third-order valence-electron chi connectivity index (χ3n) is 5.26. The summed E-state index contributed by atoms with van der Waals surface area (Å²) in [5.41, 5.74) is 0.663. The van der Waals surface area contributed by atoms with E-state index in [1.165, 1.54) is 19.3 Å². The molecule has 5 nitrogen and oxygen atoms in total. The molecular weight excluding hydrogens is 314 g/mol. The van der Waals surface area contributed by atoms with Crippen molar-refractivity contribution < 1.29 is 9.59 Å². The summed E-state index contributed by atoms with van der Waals surface area (Å²) in [4.78, 5) is 29.6. The second-order valence-electron chi connectivity index (χ2n) is 7.07. The molecule has 2 amide bonds. The van der Waals surface area contributed by atoms with Gasteiger partial charge in [-0.1, -0.05) is 24.6 Å². The number of amides is 2. The van der Waals surface area contributed by atoms with Crippen molar-refractivity contribution in [1.82, 2.24) is 15.1 Å². The van der Waals surface area contributed by atoms with Crippen LogP contribution in [-0.4, -0.2) is 60.4 Å². The second kappa shape index (κ2) is 8.99. The number of carbonyl (C=O) groups is 2. The molecule has 25 heavy (non-hydrogen) atoms. The number of nitrogens with zero attached hydrogens (tertiary/aromatic N) is 2. The van der Waals surface area contributed by atoms with Crippen LogP contribution in [0.15, 0.2) is 30.3 Å². The standard InChI is InChI=1S/C20H29N3O2/c24-19(21-12-16-22-13-6-2-7-14-22)18-11-5-8-15-23(18)20(25)17-9-3-1-4-10-17/h1,3-4,9-10,18H,2,5-8,11-16H2,(H,21,24). The van der Waals surface area contributed by atoms with Gasteiger partial charge >= 0.3 is 0 Å². The van der Waals surface area contributed by atoms with Crippen molar-refractivity contribution in [2.24, 2.45) is 0 Å². The van der Waals surface area contributed by atoms with Gasteiger partial charge in [0.1, 0.15) is 6.04 Å². The first-order valence-corrected chi connectivity index (χ1v) is 9.62. The van der Waals surface area contributed by atoms with E-state index in [0.717, 1.165) is 38.9 Å². The Kier molecular flexibility index (Phi) is 6.45. The highest BCUT2D eigenvalue weighted by Crippen LogP contribution is 2.20. The van der Waals surface area contributed by atoms with Crippen molar-refractivity contribution in [3.8, 4) is 0 Å². The average Bonchev–Trinajstić information content (AvgIpc) is 2.69. The third kappa shape index (κ3) is 4.82. The maximum atomic E-state index is 12.8. The molecule has 1 aromatic rings. The van der Waals surface area contributed by atoms with Gasteiger partial charge < -0.3 is 15.1 Å². The molecule has 0 spiro atoms. The summed E-state index contributed by atoms with van der Waals surface area (Å²) >= 11 is 0. The van der Waals surface area contributed by atoms with Crippen molar-refractivity contribution in [2.45, 2.75) is 44.6 Å². The number of piperidine rings is 2. The molecule has 2 heterocycles. The summed E-state index contributed by atoms with van der Waals surface area (Å²) in [7, 11) is 0. The molecular formula is C20H29N3O2. The van der Waals surface area contributed by atoms with Crippen LogP contribution in [0.1, 0.15) is 48.9 Å². The fourth-order valence-electron chi connectivity index (χ4n) is 3.83. The van der Waals surface area contributed by atoms with Gasteiger partial charge in [0.25, 0.3) is 5.91 Å². The van der Waals surface area contributed by atoms with Gasteiger partial charge in [-0.05, 0) is 57.3 Å². The lowest BCUT2D eigenvalue weighted by molar-refractivity contribution is -0.126. The maximum Gasteiger partial charge on any atom is 0.254 e. The van der Waals surface area contributed by atoms with Crippen molar-refractivity contribution >= 4 is 11.8 Å². The monoisotopic (exact) mass is 343 g/mol. The average molecular weight is 343 g/mol. The van der Waals surface area contributed by atoms with E-state index in [0.29, 0.717) is 18.7 Å². The molecule has 1 N–H and O–H groups in total. The second-order valence-corrected chi connectivity index (χ2v) is 7.07. The summed E-state index contributed by atoms with van der Waals surface area (Å²) in [5.74, 6) is -0.0301.